The van der Waals surface area contributed by atoms with Crippen molar-refractivity contribution >= 4 is 5.91 Å². The van der Waals surface area contributed by atoms with Gasteiger partial charge < -0.3 is 4.90 Å². The molecule has 3 atom stereocenters. The molecule has 5 nitrogen and oxygen atoms in total. The topological polar surface area (TPSA) is 61.6 Å². The van der Waals surface area contributed by atoms with Crippen molar-refractivity contribution in [2.45, 2.75) is 38.8 Å². The maximum absolute atomic E-state index is 11.5. The Bertz CT molecular complexity index is 259. The monoisotopic (exact) mass is 242 g/mol. The summed E-state index contributed by atoms with van der Waals surface area (Å²) >= 11 is 0. The van der Waals surface area contributed by atoms with E-state index in [2.05, 4.69) is 36.2 Å². The number of nitrogens with zero attached hydrogens (tertiary/aromatic N) is 2. The number of hydrazine groups is 1. The first kappa shape index (κ1) is 14.4. The second kappa shape index (κ2) is 6.33. The Morgan fingerprint density at radius 1 is 1.53 bits per heavy atom. The van der Waals surface area contributed by atoms with Crippen molar-refractivity contribution in [2.24, 2.45) is 11.8 Å². The van der Waals surface area contributed by atoms with Crippen LogP contribution in [0.4, 0.5) is 0 Å². The summed E-state index contributed by atoms with van der Waals surface area (Å²) in [6.07, 6.45) is 2.44. The zero-order valence-corrected chi connectivity index (χ0v) is 11.4. The first-order valence-electron chi connectivity index (χ1n) is 6.38. The Labute approximate surface area is 104 Å². The highest BCUT2D eigenvalue weighted by Gasteiger charge is 2.29. The molecule has 1 saturated heterocycles. The van der Waals surface area contributed by atoms with Gasteiger partial charge in [-0.15, -0.1) is 0 Å². The molecular weight excluding hydrogens is 216 g/mol. The summed E-state index contributed by atoms with van der Waals surface area (Å²) < 4.78 is 0. The number of amides is 1. The molecule has 1 amide bonds. The fraction of sp³-hybridized carbons (Fsp3) is 0.917. The minimum atomic E-state index is -0.0893. The van der Waals surface area contributed by atoms with Gasteiger partial charge in [-0.1, -0.05) is 6.92 Å². The summed E-state index contributed by atoms with van der Waals surface area (Å²) in [5, 5.41) is 0. The predicted octanol–water partition coefficient (Wildman–Crippen LogP) is 0.0269. The number of piperidine rings is 1. The number of rotatable bonds is 4. The number of likely N-dealkylation sites (tertiary alicyclic amines) is 1. The maximum Gasteiger partial charge on any atom is 0.238 e. The lowest BCUT2D eigenvalue weighted by atomic mass is 9.97. The first-order chi connectivity index (χ1) is 7.97. The molecule has 3 N–H and O–H groups in total. The normalized spacial score (nSPS) is 25.6. The zero-order valence-electron chi connectivity index (χ0n) is 11.4. The number of carbonyl (C=O) groups is 1. The number of hydrogen-bond acceptors (Lipinski definition) is 4. The second-order valence-electron chi connectivity index (χ2n) is 5.26. The number of carbonyl (C=O) groups excluding carboxylic acids is 1. The van der Waals surface area contributed by atoms with Crippen molar-refractivity contribution in [3.05, 3.63) is 0 Å². The van der Waals surface area contributed by atoms with E-state index >= 15 is 0 Å². The average molecular weight is 242 g/mol. The molecule has 0 aromatic carbocycles. The predicted molar refractivity (Wildman–Crippen MR) is 69.2 cm³/mol. The highest BCUT2D eigenvalue weighted by molar-refractivity contribution is 5.78. The summed E-state index contributed by atoms with van der Waals surface area (Å²) in [4.78, 5) is 16.2. The molecule has 100 valence electrons. The van der Waals surface area contributed by atoms with E-state index in [-0.39, 0.29) is 17.9 Å². The highest BCUT2D eigenvalue weighted by Crippen LogP contribution is 2.19. The van der Waals surface area contributed by atoms with Crippen LogP contribution in [0.15, 0.2) is 0 Å². The van der Waals surface area contributed by atoms with E-state index in [1.165, 1.54) is 19.4 Å². The summed E-state index contributed by atoms with van der Waals surface area (Å²) in [7, 11) is 4.26. The molecule has 0 aromatic rings. The summed E-state index contributed by atoms with van der Waals surface area (Å²) in [5.41, 5.74) is 2.24. The third kappa shape index (κ3) is 3.66. The molecule has 1 rings (SSSR count). The van der Waals surface area contributed by atoms with Gasteiger partial charge >= 0.3 is 0 Å². The van der Waals surface area contributed by atoms with Crippen LogP contribution in [0.5, 0.6) is 0 Å². The van der Waals surface area contributed by atoms with Gasteiger partial charge in [0.05, 0.1) is 5.92 Å². The molecule has 3 unspecified atom stereocenters. The lowest BCUT2D eigenvalue weighted by Crippen LogP contribution is -2.52. The molecular formula is C12H26N4O. The molecule has 1 fully saturated rings. The largest absolute Gasteiger partial charge is 0.305 e. The Kier molecular flexibility index (Phi) is 5.36. The summed E-state index contributed by atoms with van der Waals surface area (Å²) in [6.45, 7) is 6.28. The third-order valence-electron chi connectivity index (χ3n) is 4.10. The van der Waals surface area contributed by atoms with Crippen LogP contribution in [0.2, 0.25) is 0 Å². The van der Waals surface area contributed by atoms with Crippen molar-refractivity contribution < 1.29 is 4.79 Å². The summed E-state index contributed by atoms with van der Waals surface area (Å²) in [6, 6.07) is 0.742. The van der Waals surface area contributed by atoms with Crippen molar-refractivity contribution in [1.29, 1.82) is 0 Å². The van der Waals surface area contributed by atoms with Gasteiger partial charge in [0.25, 0.3) is 0 Å². The van der Waals surface area contributed by atoms with Crippen molar-refractivity contribution in [3.8, 4) is 0 Å². The molecule has 0 aromatic heterocycles. The highest BCUT2D eigenvalue weighted by atomic mass is 16.2. The Morgan fingerprint density at radius 3 is 2.71 bits per heavy atom. The van der Waals surface area contributed by atoms with Crippen LogP contribution in [-0.2, 0) is 4.79 Å². The molecule has 5 heteroatoms. The van der Waals surface area contributed by atoms with Gasteiger partial charge in [-0.3, -0.25) is 15.1 Å². The van der Waals surface area contributed by atoms with Crippen molar-refractivity contribution in [3.63, 3.8) is 0 Å². The quantitative estimate of drug-likeness (QED) is 0.415. The standard InChI is InChI=1S/C12H26N4O/c1-9(12(17)14-13)10(2)16(4)11-6-5-7-15(3)8-11/h9-11H,5-8,13H2,1-4H3,(H,14,17). The van der Waals surface area contributed by atoms with Gasteiger partial charge in [-0.25, -0.2) is 5.84 Å². The van der Waals surface area contributed by atoms with E-state index in [0.29, 0.717) is 6.04 Å². The Balaban J connectivity index is 2.55. The fourth-order valence-electron chi connectivity index (χ4n) is 2.51. The van der Waals surface area contributed by atoms with Crippen LogP contribution in [0.3, 0.4) is 0 Å². The van der Waals surface area contributed by atoms with Crippen LogP contribution in [0.25, 0.3) is 0 Å². The van der Waals surface area contributed by atoms with Crippen molar-refractivity contribution in [2.75, 3.05) is 27.2 Å². The number of likely N-dealkylation sites (N-methyl/N-ethyl adjacent to an activating group) is 2. The van der Waals surface area contributed by atoms with Gasteiger partial charge in [-0.2, -0.15) is 0 Å². The van der Waals surface area contributed by atoms with E-state index in [0.717, 1.165) is 6.54 Å². The van der Waals surface area contributed by atoms with Crippen LogP contribution < -0.4 is 11.3 Å². The molecule has 0 saturated carbocycles. The van der Waals surface area contributed by atoms with Gasteiger partial charge in [0, 0.05) is 18.6 Å². The van der Waals surface area contributed by atoms with E-state index < -0.39 is 0 Å². The van der Waals surface area contributed by atoms with Gasteiger partial charge in [0.1, 0.15) is 0 Å². The van der Waals surface area contributed by atoms with Crippen LogP contribution in [-0.4, -0.2) is 55.0 Å². The van der Waals surface area contributed by atoms with Crippen molar-refractivity contribution in [1.82, 2.24) is 15.2 Å². The Morgan fingerprint density at radius 2 is 2.18 bits per heavy atom. The van der Waals surface area contributed by atoms with Gasteiger partial charge in [0.2, 0.25) is 5.91 Å². The van der Waals surface area contributed by atoms with Gasteiger partial charge in [-0.05, 0) is 40.4 Å². The van der Waals surface area contributed by atoms with Crippen LogP contribution in [0.1, 0.15) is 26.7 Å². The minimum absolute atomic E-state index is 0.0859. The number of nitrogens with two attached hydrogens (primary N) is 1. The number of hydrogen-bond donors (Lipinski definition) is 2. The molecule has 1 aliphatic heterocycles. The molecule has 0 aliphatic carbocycles. The average Bonchev–Trinajstić information content (AvgIpc) is 2.35. The first-order valence-corrected chi connectivity index (χ1v) is 6.38. The van der Waals surface area contributed by atoms with E-state index in [1.807, 2.05) is 6.92 Å². The number of nitrogens with one attached hydrogen (secondary N) is 1. The fourth-order valence-corrected chi connectivity index (χ4v) is 2.51. The van der Waals surface area contributed by atoms with Crippen LogP contribution in [0, 0.1) is 5.92 Å². The maximum atomic E-state index is 11.5. The third-order valence-corrected chi connectivity index (χ3v) is 4.10. The molecule has 1 heterocycles. The van der Waals surface area contributed by atoms with E-state index in [9.17, 15) is 4.79 Å². The lowest BCUT2D eigenvalue weighted by molar-refractivity contribution is -0.126. The molecule has 17 heavy (non-hydrogen) atoms. The van der Waals surface area contributed by atoms with E-state index in [1.54, 1.807) is 0 Å². The smallest absolute Gasteiger partial charge is 0.238 e. The SMILES string of the molecule is CC(C(=O)NN)C(C)N(C)C1CCCN(C)C1. The molecule has 0 spiro atoms. The molecule has 0 radical (unpaired) electrons. The van der Waals surface area contributed by atoms with E-state index in [4.69, 9.17) is 5.84 Å². The second-order valence-corrected chi connectivity index (χ2v) is 5.26. The Hall–Kier alpha value is -0.650. The van der Waals surface area contributed by atoms with Crippen LogP contribution >= 0.6 is 0 Å². The minimum Gasteiger partial charge on any atom is -0.305 e. The summed E-state index contributed by atoms with van der Waals surface area (Å²) in [5.74, 6) is 5.01. The molecule has 1 aliphatic rings. The molecule has 0 bridgehead atoms. The van der Waals surface area contributed by atoms with Gasteiger partial charge in [0.15, 0.2) is 0 Å². The zero-order chi connectivity index (χ0) is 13.0. The lowest BCUT2D eigenvalue weighted by Gasteiger charge is -2.40.